The first-order chi connectivity index (χ1) is 25.6. The molecule has 0 aliphatic carbocycles. The van der Waals surface area contributed by atoms with Gasteiger partial charge in [-0.2, -0.15) is 0 Å². The number of unbranched alkanes of at least 4 members (excludes halogenated alkanes) is 4. The topological polar surface area (TPSA) is 99.1 Å². The Hall–Kier alpha value is -4.01. The lowest BCUT2D eigenvalue weighted by molar-refractivity contribution is -0.887. The molecule has 0 radical (unpaired) electrons. The molecular formula is C45H70NO7+. The number of carboxylic acids is 1. The molecule has 296 valence electrons. The summed E-state index contributed by atoms with van der Waals surface area (Å²) in [6.07, 6.45) is 47.2. The van der Waals surface area contributed by atoms with Crippen LogP contribution in [0.15, 0.2) is 109 Å². The van der Waals surface area contributed by atoms with Gasteiger partial charge in [-0.05, 0) is 64.2 Å². The first-order valence-electron chi connectivity index (χ1n) is 19.5. The van der Waals surface area contributed by atoms with Crippen LogP contribution in [-0.2, 0) is 28.6 Å². The maximum Gasteiger partial charge on any atom is 0.362 e. The van der Waals surface area contributed by atoms with E-state index in [0.29, 0.717) is 19.3 Å². The maximum absolute atomic E-state index is 12.7. The Labute approximate surface area is 321 Å². The summed E-state index contributed by atoms with van der Waals surface area (Å²) in [6.45, 7) is 4.32. The van der Waals surface area contributed by atoms with E-state index in [0.717, 1.165) is 57.8 Å². The first-order valence-corrected chi connectivity index (χ1v) is 19.5. The summed E-state index contributed by atoms with van der Waals surface area (Å²) in [5.74, 6) is -1.63. The molecule has 0 aromatic carbocycles. The number of esters is 2. The predicted molar refractivity (Wildman–Crippen MR) is 219 cm³/mol. The van der Waals surface area contributed by atoms with Gasteiger partial charge in [0.2, 0.25) is 0 Å². The molecule has 2 atom stereocenters. The van der Waals surface area contributed by atoms with Crippen LogP contribution in [0.5, 0.6) is 0 Å². The standard InChI is InChI=1S/C45H69NO7/c1-6-8-10-12-14-16-18-20-21-22-24-26-28-30-32-34-36-44(48)53-41(39-51-38-37-42(45(49)50)46(3,4)5)40-52-43(47)35-33-31-29-27-25-23-19-17-15-13-11-9-7-2/h8-11,13-17,19-21,23-27,29,41-42H,6-7,12,18,22,28,30-40H2,1-5H3/p+1/b10-8+,11-9+,15-13+,16-14+,19-17+,21-20+,25-23+,26-24+,29-27+. The largest absolute Gasteiger partial charge is 0.477 e. The summed E-state index contributed by atoms with van der Waals surface area (Å²) < 4.78 is 17.1. The molecule has 8 nitrogen and oxygen atoms in total. The zero-order valence-electron chi connectivity index (χ0n) is 33.4. The van der Waals surface area contributed by atoms with Crippen molar-refractivity contribution in [2.45, 2.75) is 116 Å². The third-order valence-corrected chi connectivity index (χ3v) is 7.80. The third kappa shape index (κ3) is 33.6. The fourth-order valence-corrected chi connectivity index (χ4v) is 4.82. The van der Waals surface area contributed by atoms with E-state index in [-0.39, 0.29) is 49.1 Å². The van der Waals surface area contributed by atoms with Gasteiger partial charge >= 0.3 is 17.9 Å². The molecule has 0 heterocycles. The molecule has 8 heteroatoms. The molecule has 1 N–H and O–H groups in total. The molecule has 0 amide bonds. The average molecular weight is 737 g/mol. The predicted octanol–water partition coefficient (Wildman–Crippen LogP) is 10.1. The molecule has 0 saturated carbocycles. The Kier molecular flexibility index (Phi) is 32.4. The number of carbonyl (C=O) groups excluding carboxylic acids is 2. The van der Waals surface area contributed by atoms with Gasteiger partial charge in [0.05, 0.1) is 34.4 Å². The number of nitrogens with zero attached hydrogens (tertiary/aromatic N) is 1. The molecule has 0 saturated heterocycles. The van der Waals surface area contributed by atoms with Crippen LogP contribution in [0.4, 0.5) is 0 Å². The highest BCUT2D eigenvalue weighted by atomic mass is 16.6. The Morgan fingerprint density at radius 2 is 1.11 bits per heavy atom. The smallest absolute Gasteiger partial charge is 0.362 e. The number of hydrogen-bond donors (Lipinski definition) is 1. The molecule has 0 rings (SSSR count). The molecule has 0 aromatic rings. The monoisotopic (exact) mass is 737 g/mol. The Morgan fingerprint density at radius 3 is 1.70 bits per heavy atom. The number of allylic oxidation sites excluding steroid dienone is 18. The number of carbonyl (C=O) groups is 3. The number of rotatable bonds is 32. The highest BCUT2D eigenvalue weighted by molar-refractivity contribution is 5.72. The van der Waals surface area contributed by atoms with Crippen LogP contribution in [0.3, 0.4) is 0 Å². The molecule has 0 fully saturated rings. The third-order valence-electron chi connectivity index (χ3n) is 7.80. The second kappa shape index (κ2) is 35.0. The number of aliphatic carboxylic acids is 1. The van der Waals surface area contributed by atoms with Gasteiger partial charge < -0.3 is 23.8 Å². The summed E-state index contributed by atoms with van der Waals surface area (Å²) in [5.41, 5.74) is 0. The van der Waals surface area contributed by atoms with E-state index in [1.54, 1.807) is 0 Å². The van der Waals surface area contributed by atoms with E-state index in [9.17, 15) is 19.5 Å². The highest BCUT2D eigenvalue weighted by Crippen LogP contribution is 2.11. The molecule has 0 aromatic heterocycles. The molecule has 0 spiro atoms. The quantitative estimate of drug-likeness (QED) is 0.0241. The summed E-state index contributed by atoms with van der Waals surface area (Å²) in [5, 5.41) is 9.59. The van der Waals surface area contributed by atoms with Crippen molar-refractivity contribution < 1.29 is 38.2 Å². The van der Waals surface area contributed by atoms with Crippen molar-refractivity contribution in [1.82, 2.24) is 0 Å². The van der Waals surface area contributed by atoms with Crippen molar-refractivity contribution >= 4 is 17.9 Å². The van der Waals surface area contributed by atoms with Crippen LogP contribution in [0, 0.1) is 0 Å². The van der Waals surface area contributed by atoms with E-state index in [2.05, 4.69) is 68.5 Å². The number of hydrogen-bond acceptors (Lipinski definition) is 6. The van der Waals surface area contributed by atoms with Gasteiger partial charge in [-0.25, -0.2) is 4.79 Å². The van der Waals surface area contributed by atoms with E-state index >= 15 is 0 Å². The van der Waals surface area contributed by atoms with Crippen molar-refractivity contribution in [2.24, 2.45) is 0 Å². The minimum absolute atomic E-state index is 0.0169. The van der Waals surface area contributed by atoms with Crippen molar-refractivity contribution in [3.63, 3.8) is 0 Å². The van der Waals surface area contributed by atoms with Crippen LogP contribution >= 0.6 is 0 Å². The lowest BCUT2D eigenvalue weighted by Gasteiger charge is -2.31. The summed E-state index contributed by atoms with van der Waals surface area (Å²) in [4.78, 5) is 36.8. The summed E-state index contributed by atoms with van der Waals surface area (Å²) >= 11 is 0. The van der Waals surface area contributed by atoms with Gasteiger partial charge in [0.15, 0.2) is 12.1 Å². The molecule has 0 aliphatic heterocycles. The molecule has 0 aliphatic rings. The number of quaternary nitrogens is 1. The zero-order chi connectivity index (χ0) is 39.3. The molecule has 0 bridgehead atoms. The van der Waals surface area contributed by atoms with Crippen LogP contribution < -0.4 is 0 Å². The number of ether oxygens (including phenoxy) is 3. The van der Waals surface area contributed by atoms with Gasteiger partial charge in [-0.15, -0.1) is 0 Å². The second-order valence-corrected chi connectivity index (χ2v) is 13.5. The number of likely N-dealkylation sites (N-methyl/N-ethyl adjacent to an activating group) is 1. The van der Waals surface area contributed by atoms with Crippen molar-refractivity contribution in [3.05, 3.63) is 109 Å². The maximum atomic E-state index is 12.7. The van der Waals surface area contributed by atoms with Gasteiger partial charge in [-0.1, -0.05) is 130 Å². The molecule has 53 heavy (non-hydrogen) atoms. The van der Waals surface area contributed by atoms with Gasteiger partial charge in [0.1, 0.15) is 6.61 Å². The van der Waals surface area contributed by atoms with Gasteiger partial charge in [0.25, 0.3) is 0 Å². The van der Waals surface area contributed by atoms with Crippen LogP contribution in [0.1, 0.15) is 104 Å². The van der Waals surface area contributed by atoms with E-state index in [1.165, 1.54) is 0 Å². The average Bonchev–Trinajstić information content (AvgIpc) is 3.11. The van der Waals surface area contributed by atoms with E-state index in [1.807, 2.05) is 75.8 Å². The minimum Gasteiger partial charge on any atom is -0.477 e. The Morgan fingerprint density at radius 1 is 0.585 bits per heavy atom. The second-order valence-electron chi connectivity index (χ2n) is 13.5. The lowest BCUT2D eigenvalue weighted by atomic mass is 10.1. The van der Waals surface area contributed by atoms with Gasteiger partial charge in [-0.3, -0.25) is 9.59 Å². The van der Waals surface area contributed by atoms with Crippen molar-refractivity contribution in [2.75, 3.05) is 41.0 Å². The van der Waals surface area contributed by atoms with Crippen LogP contribution in [-0.4, -0.2) is 80.6 Å². The van der Waals surface area contributed by atoms with Crippen LogP contribution in [0.25, 0.3) is 0 Å². The summed E-state index contributed by atoms with van der Waals surface area (Å²) in [6, 6.07) is -0.637. The Balaban J connectivity index is 4.62. The normalized spacial score (nSPS) is 14.2. The van der Waals surface area contributed by atoms with Crippen LogP contribution in [0.2, 0.25) is 0 Å². The number of carboxylic acid groups (broad SMARTS) is 1. The zero-order valence-corrected chi connectivity index (χ0v) is 33.4. The van der Waals surface area contributed by atoms with E-state index < -0.39 is 18.1 Å². The fourth-order valence-electron chi connectivity index (χ4n) is 4.82. The molecular weight excluding hydrogens is 666 g/mol. The molecule has 2 unspecified atom stereocenters. The minimum atomic E-state index is -0.897. The Bertz CT molecular complexity index is 1230. The van der Waals surface area contributed by atoms with Crippen molar-refractivity contribution in [1.29, 1.82) is 0 Å². The summed E-state index contributed by atoms with van der Waals surface area (Å²) in [7, 11) is 5.47. The SMILES string of the molecule is CC/C=C/C=C/C=C/C=C/C=C/CCCC(=O)OCC(COCCC(C(=O)O)[N+](C)(C)C)OC(=O)CCCCC/C=C/C/C=C/C/C=C/C/C=C/CC. The lowest BCUT2D eigenvalue weighted by Crippen LogP contribution is -2.50. The highest BCUT2D eigenvalue weighted by Gasteiger charge is 2.31. The van der Waals surface area contributed by atoms with Crippen molar-refractivity contribution in [3.8, 4) is 0 Å². The van der Waals surface area contributed by atoms with Gasteiger partial charge in [0, 0.05) is 19.3 Å². The van der Waals surface area contributed by atoms with E-state index in [4.69, 9.17) is 14.2 Å². The fraction of sp³-hybridized carbons (Fsp3) is 0.533. The first kappa shape index (κ1) is 49.0.